The van der Waals surface area contributed by atoms with Crippen LogP contribution in [0, 0.1) is 17.5 Å². The van der Waals surface area contributed by atoms with Crippen LogP contribution in [-0.2, 0) is 0 Å². The highest BCUT2D eigenvalue weighted by Gasteiger charge is 2.18. The Morgan fingerprint density at radius 3 is 2.29 bits per heavy atom. The maximum atomic E-state index is 13.8. The molecule has 2 aromatic rings. The first kappa shape index (κ1) is 14.9. The molecule has 0 unspecified atom stereocenters. The number of benzene rings is 2. The average molecular weight is 296 g/mol. The lowest BCUT2D eigenvalue weighted by molar-refractivity contribution is 0.112. The molecule has 21 heavy (non-hydrogen) atoms. The molecule has 6 heteroatoms. The van der Waals surface area contributed by atoms with E-state index in [0.717, 1.165) is 12.1 Å². The number of ether oxygens (including phenoxy) is 2. The Balaban J connectivity index is 2.70. The van der Waals surface area contributed by atoms with Crippen LogP contribution in [0.4, 0.5) is 13.2 Å². The Labute approximate surface area is 118 Å². The summed E-state index contributed by atoms with van der Waals surface area (Å²) in [5.74, 6) is -3.83. The number of carbonyl (C=O) groups excluding carboxylic acids is 1. The fourth-order valence-corrected chi connectivity index (χ4v) is 1.99. The van der Waals surface area contributed by atoms with Crippen molar-refractivity contribution in [3.63, 3.8) is 0 Å². The molecule has 3 nitrogen and oxygen atoms in total. The molecule has 0 aliphatic carbocycles. The molecule has 0 spiro atoms. The molecule has 2 aromatic carbocycles. The number of hydrogen-bond acceptors (Lipinski definition) is 3. The third kappa shape index (κ3) is 2.56. The van der Waals surface area contributed by atoms with Crippen LogP contribution in [0.25, 0.3) is 11.1 Å². The molecule has 0 saturated heterocycles. The van der Waals surface area contributed by atoms with Gasteiger partial charge in [0.15, 0.2) is 35.2 Å². The number of methoxy groups -OCH3 is 2. The highest BCUT2D eigenvalue weighted by molar-refractivity contribution is 5.85. The zero-order valence-corrected chi connectivity index (χ0v) is 11.2. The molecule has 2 rings (SSSR count). The molecule has 0 atom stereocenters. The van der Waals surface area contributed by atoms with Gasteiger partial charge in [-0.3, -0.25) is 4.79 Å². The van der Waals surface area contributed by atoms with Crippen LogP contribution in [-0.4, -0.2) is 20.5 Å². The van der Waals surface area contributed by atoms with Gasteiger partial charge in [0.25, 0.3) is 0 Å². The molecule has 110 valence electrons. The lowest BCUT2D eigenvalue weighted by Gasteiger charge is -2.13. The quantitative estimate of drug-likeness (QED) is 0.639. The summed E-state index contributed by atoms with van der Waals surface area (Å²) in [4.78, 5) is 11.1. The van der Waals surface area contributed by atoms with Crippen LogP contribution in [0.5, 0.6) is 11.5 Å². The van der Waals surface area contributed by atoms with Gasteiger partial charge in [0, 0.05) is 5.56 Å². The van der Waals surface area contributed by atoms with Crippen molar-refractivity contribution >= 4 is 6.29 Å². The summed E-state index contributed by atoms with van der Waals surface area (Å²) in [6.45, 7) is 0. The van der Waals surface area contributed by atoms with Crippen LogP contribution < -0.4 is 9.47 Å². The van der Waals surface area contributed by atoms with Crippen molar-refractivity contribution in [2.24, 2.45) is 0 Å². The standard InChI is InChI=1S/C15H11F3O3/c1-20-12-6-8(5-9(7-19)15(12)21-2)10-3-4-11(16)14(18)13(10)17/h3-7H,1-2H3. The van der Waals surface area contributed by atoms with Crippen LogP contribution in [0.2, 0.25) is 0 Å². The first-order chi connectivity index (χ1) is 10.0. The molecule has 0 fully saturated rings. The Bertz CT molecular complexity index is 699. The third-order valence-electron chi connectivity index (χ3n) is 2.98. The molecule has 0 saturated carbocycles. The summed E-state index contributed by atoms with van der Waals surface area (Å²) in [5.41, 5.74) is 0.0973. The van der Waals surface area contributed by atoms with Crippen molar-refractivity contribution in [2.45, 2.75) is 0 Å². The smallest absolute Gasteiger partial charge is 0.195 e. The van der Waals surface area contributed by atoms with E-state index >= 15 is 0 Å². The minimum Gasteiger partial charge on any atom is -0.493 e. The van der Waals surface area contributed by atoms with Crippen LogP contribution in [0.1, 0.15) is 10.4 Å². The number of halogens is 3. The first-order valence-corrected chi connectivity index (χ1v) is 5.88. The average Bonchev–Trinajstić information content (AvgIpc) is 2.51. The Morgan fingerprint density at radius 1 is 1.00 bits per heavy atom. The van der Waals surface area contributed by atoms with Gasteiger partial charge in [-0.05, 0) is 29.8 Å². The van der Waals surface area contributed by atoms with Gasteiger partial charge in [-0.1, -0.05) is 0 Å². The monoisotopic (exact) mass is 296 g/mol. The zero-order chi connectivity index (χ0) is 15.6. The van der Waals surface area contributed by atoms with E-state index < -0.39 is 17.5 Å². The number of aldehydes is 1. The molecule has 0 N–H and O–H groups in total. The second-order valence-corrected chi connectivity index (χ2v) is 4.14. The normalized spacial score (nSPS) is 10.3. The molecule has 0 amide bonds. The van der Waals surface area contributed by atoms with E-state index in [-0.39, 0.29) is 28.2 Å². The number of carbonyl (C=O) groups is 1. The fraction of sp³-hybridized carbons (Fsp3) is 0.133. The van der Waals surface area contributed by atoms with E-state index in [1.165, 1.54) is 26.4 Å². The molecule has 0 aliphatic rings. The third-order valence-corrected chi connectivity index (χ3v) is 2.98. The second kappa shape index (κ2) is 5.87. The highest BCUT2D eigenvalue weighted by atomic mass is 19.2. The maximum Gasteiger partial charge on any atom is 0.195 e. The first-order valence-electron chi connectivity index (χ1n) is 5.88. The van der Waals surface area contributed by atoms with Crippen molar-refractivity contribution < 1.29 is 27.4 Å². The predicted molar refractivity (Wildman–Crippen MR) is 70.2 cm³/mol. The van der Waals surface area contributed by atoms with Crippen molar-refractivity contribution in [1.29, 1.82) is 0 Å². The largest absolute Gasteiger partial charge is 0.493 e. The Kier molecular flexibility index (Phi) is 4.16. The maximum absolute atomic E-state index is 13.8. The summed E-state index contributed by atoms with van der Waals surface area (Å²) in [6, 6.07) is 4.58. The van der Waals surface area contributed by atoms with Gasteiger partial charge in [-0.2, -0.15) is 0 Å². The summed E-state index contributed by atoms with van der Waals surface area (Å²) in [6.07, 6.45) is 0.503. The lowest BCUT2D eigenvalue weighted by atomic mass is 10.0. The Morgan fingerprint density at radius 2 is 1.71 bits per heavy atom. The van der Waals surface area contributed by atoms with E-state index in [9.17, 15) is 18.0 Å². The molecular weight excluding hydrogens is 285 g/mol. The van der Waals surface area contributed by atoms with E-state index in [0.29, 0.717) is 6.29 Å². The minimum absolute atomic E-state index is 0.107. The molecule has 0 radical (unpaired) electrons. The van der Waals surface area contributed by atoms with Gasteiger partial charge in [0.05, 0.1) is 19.8 Å². The zero-order valence-electron chi connectivity index (χ0n) is 11.2. The SMILES string of the molecule is COc1cc(-c2ccc(F)c(F)c2F)cc(C=O)c1OC. The van der Waals surface area contributed by atoms with Gasteiger partial charge in [0.2, 0.25) is 0 Å². The van der Waals surface area contributed by atoms with Crippen LogP contribution >= 0.6 is 0 Å². The predicted octanol–water partition coefficient (Wildman–Crippen LogP) is 3.60. The molecule has 0 aliphatic heterocycles. The van der Waals surface area contributed by atoms with E-state index in [1.807, 2.05) is 0 Å². The number of rotatable bonds is 4. The van der Waals surface area contributed by atoms with Crippen molar-refractivity contribution in [3.8, 4) is 22.6 Å². The summed E-state index contributed by atoms with van der Waals surface area (Å²) >= 11 is 0. The van der Waals surface area contributed by atoms with Gasteiger partial charge in [-0.25, -0.2) is 13.2 Å². The van der Waals surface area contributed by atoms with E-state index in [2.05, 4.69) is 0 Å². The summed E-state index contributed by atoms with van der Waals surface area (Å²) in [7, 11) is 2.69. The number of hydrogen-bond donors (Lipinski definition) is 0. The van der Waals surface area contributed by atoms with Crippen molar-refractivity contribution in [2.75, 3.05) is 14.2 Å². The Hall–Kier alpha value is -2.50. The highest BCUT2D eigenvalue weighted by Crippen LogP contribution is 2.36. The van der Waals surface area contributed by atoms with E-state index in [4.69, 9.17) is 9.47 Å². The summed E-state index contributed by atoms with van der Waals surface area (Å²) in [5, 5.41) is 0. The minimum atomic E-state index is -1.57. The van der Waals surface area contributed by atoms with Crippen molar-refractivity contribution in [3.05, 3.63) is 47.3 Å². The van der Waals surface area contributed by atoms with Crippen molar-refractivity contribution in [1.82, 2.24) is 0 Å². The van der Waals surface area contributed by atoms with Crippen LogP contribution in [0.15, 0.2) is 24.3 Å². The van der Waals surface area contributed by atoms with Gasteiger partial charge < -0.3 is 9.47 Å². The van der Waals surface area contributed by atoms with Crippen LogP contribution in [0.3, 0.4) is 0 Å². The molecule has 0 aromatic heterocycles. The summed E-state index contributed by atoms with van der Waals surface area (Å²) < 4.78 is 50.2. The lowest BCUT2D eigenvalue weighted by Crippen LogP contribution is -1.98. The topological polar surface area (TPSA) is 35.5 Å². The molecule has 0 bridgehead atoms. The van der Waals surface area contributed by atoms with E-state index in [1.54, 1.807) is 0 Å². The molecular formula is C15H11F3O3. The fourth-order valence-electron chi connectivity index (χ4n) is 1.99. The van der Waals surface area contributed by atoms with Gasteiger partial charge in [0.1, 0.15) is 0 Å². The van der Waals surface area contributed by atoms with Gasteiger partial charge in [-0.15, -0.1) is 0 Å². The second-order valence-electron chi connectivity index (χ2n) is 4.14. The van der Waals surface area contributed by atoms with Gasteiger partial charge >= 0.3 is 0 Å². The molecule has 0 heterocycles.